The lowest BCUT2D eigenvalue weighted by Gasteiger charge is -2.55. The van der Waals surface area contributed by atoms with Gasteiger partial charge >= 0.3 is 0 Å². The van der Waals surface area contributed by atoms with Crippen LogP contribution < -0.4 is 0 Å². The molecule has 0 radical (unpaired) electrons. The molecule has 1 heteroatoms. The molecule has 0 aromatic carbocycles. The zero-order valence-electron chi connectivity index (χ0n) is 11.6. The van der Waals surface area contributed by atoms with E-state index in [2.05, 4.69) is 32.9 Å². The molecule has 4 aliphatic carbocycles. The summed E-state index contributed by atoms with van der Waals surface area (Å²) in [6, 6.07) is 0. The van der Waals surface area contributed by atoms with Gasteiger partial charge in [-0.25, -0.2) is 0 Å². The van der Waals surface area contributed by atoms with Crippen LogP contribution in [-0.4, -0.2) is 5.78 Å². The van der Waals surface area contributed by atoms with E-state index in [1.807, 2.05) is 0 Å². The zero-order valence-corrected chi connectivity index (χ0v) is 11.6. The van der Waals surface area contributed by atoms with Crippen LogP contribution in [0.1, 0.15) is 46.5 Å². The van der Waals surface area contributed by atoms with Crippen molar-refractivity contribution in [3.8, 4) is 0 Å². The molecule has 4 aliphatic rings. The van der Waals surface area contributed by atoms with Crippen LogP contribution in [0.5, 0.6) is 0 Å². The Morgan fingerprint density at radius 1 is 1.22 bits per heavy atom. The molecule has 0 amide bonds. The lowest BCUT2D eigenvalue weighted by atomic mass is 9.47. The standard InChI is InChI=1S/C17H22O/c1-10-14-9-12-8-7-11-5-4-6-13(15(10)18)17(11,14)16(12,2)3/h4,6,11-13H,5,7-9H2,1-3H3/t11-,12-,13+,17-/m1/s1. The van der Waals surface area contributed by atoms with Crippen LogP contribution in [-0.2, 0) is 4.79 Å². The maximum Gasteiger partial charge on any atom is 0.166 e. The highest BCUT2D eigenvalue weighted by molar-refractivity contribution is 6.03. The fraction of sp³-hybridized carbons (Fsp3) is 0.706. The van der Waals surface area contributed by atoms with Crippen molar-refractivity contribution in [1.29, 1.82) is 0 Å². The minimum Gasteiger partial charge on any atom is -0.294 e. The first kappa shape index (κ1) is 11.0. The van der Waals surface area contributed by atoms with Gasteiger partial charge in [-0.15, -0.1) is 0 Å². The number of ketones is 1. The largest absolute Gasteiger partial charge is 0.294 e. The van der Waals surface area contributed by atoms with E-state index in [1.165, 1.54) is 25.7 Å². The number of allylic oxidation sites excluding steroid dienone is 4. The monoisotopic (exact) mass is 242 g/mol. The van der Waals surface area contributed by atoms with Crippen LogP contribution in [0, 0.1) is 28.6 Å². The Balaban J connectivity index is 2.05. The summed E-state index contributed by atoms with van der Waals surface area (Å²) in [7, 11) is 0. The van der Waals surface area contributed by atoms with E-state index < -0.39 is 0 Å². The Bertz CT molecular complexity index is 508. The average molecular weight is 242 g/mol. The van der Waals surface area contributed by atoms with Gasteiger partial charge in [0.25, 0.3) is 0 Å². The van der Waals surface area contributed by atoms with Gasteiger partial charge in [0.2, 0.25) is 0 Å². The average Bonchev–Trinajstić information content (AvgIpc) is 2.62. The van der Waals surface area contributed by atoms with Gasteiger partial charge in [-0.3, -0.25) is 4.79 Å². The van der Waals surface area contributed by atoms with Crippen molar-refractivity contribution in [1.82, 2.24) is 0 Å². The minimum absolute atomic E-state index is 0.173. The number of Topliss-reactive ketones (excluding diaryl/α,β-unsaturated/α-hetero) is 1. The van der Waals surface area contributed by atoms with Crippen LogP contribution in [0.15, 0.2) is 23.3 Å². The Labute approximate surface area is 109 Å². The second-order valence-corrected chi connectivity index (χ2v) is 7.38. The van der Waals surface area contributed by atoms with Crippen molar-refractivity contribution in [3.63, 3.8) is 0 Å². The summed E-state index contributed by atoms with van der Waals surface area (Å²) in [6.45, 7) is 6.97. The second kappa shape index (κ2) is 3.00. The number of rotatable bonds is 0. The predicted molar refractivity (Wildman–Crippen MR) is 72.0 cm³/mol. The Morgan fingerprint density at radius 2 is 1.94 bits per heavy atom. The van der Waals surface area contributed by atoms with Crippen molar-refractivity contribution in [2.75, 3.05) is 0 Å². The smallest absolute Gasteiger partial charge is 0.166 e. The molecule has 0 aliphatic heterocycles. The molecule has 18 heavy (non-hydrogen) atoms. The molecule has 4 rings (SSSR count). The van der Waals surface area contributed by atoms with Gasteiger partial charge in [0.05, 0.1) is 5.92 Å². The second-order valence-electron chi connectivity index (χ2n) is 7.38. The highest BCUT2D eigenvalue weighted by Gasteiger charge is 2.70. The topological polar surface area (TPSA) is 17.1 Å². The number of hydrogen-bond acceptors (Lipinski definition) is 1. The number of hydrogen-bond donors (Lipinski definition) is 0. The van der Waals surface area contributed by atoms with E-state index >= 15 is 0 Å². The zero-order chi connectivity index (χ0) is 12.7. The maximum absolute atomic E-state index is 12.6. The number of carbonyl (C=O) groups is 1. The summed E-state index contributed by atoms with van der Waals surface area (Å²) in [5.74, 6) is 2.13. The molecule has 0 aromatic rings. The molecule has 2 fully saturated rings. The molecule has 0 saturated heterocycles. The van der Waals surface area contributed by atoms with Crippen LogP contribution in [0.3, 0.4) is 0 Å². The van der Waals surface area contributed by atoms with Crippen LogP contribution in [0.2, 0.25) is 0 Å². The van der Waals surface area contributed by atoms with Gasteiger partial charge < -0.3 is 0 Å². The van der Waals surface area contributed by atoms with Gasteiger partial charge in [0.15, 0.2) is 5.78 Å². The maximum atomic E-state index is 12.6. The fourth-order valence-corrected chi connectivity index (χ4v) is 6.08. The number of fused-ring (bicyclic) bond motifs is 1. The molecule has 2 saturated carbocycles. The van der Waals surface area contributed by atoms with E-state index in [4.69, 9.17) is 0 Å². The molecule has 4 atom stereocenters. The summed E-state index contributed by atoms with van der Waals surface area (Å²) in [6.07, 6.45) is 9.61. The van der Waals surface area contributed by atoms with Crippen molar-refractivity contribution in [2.24, 2.45) is 28.6 Å². The molecule has 96 valence electrons. The lowest BCUT2D eigenvalue weighted by molar-refractivity contribution is -0.126. The Hall–Kier alpha value is -0.850. The van der Waals surface area contributed by atoms with Crippen molar-refractivity contribution >= 4 is 5.78 Å². The first-order valence-corrected chi connectivity index (χ1v) is 7.42. The highest BCUT2D eigenvalue weighted by Crippen LogP contribution is 2.75. The van der Waals surface area contributed by atoms with Crippen molar-refractivity contribution in [2.45, 2.75) is 46.5 Å². The van der Waals surface area contributed by atoms with Crippen molar-refractivity contribution < 1.29 is 4.79 Å². The lowest BCUT2D eigenvalue weighted by Crippen LogP contribution is -2.51. The van der Waals surface area contributed by atoms with Gasteiger partial charge in [-0.05, 0) is 55.4 Å². The van der Waals surface area contributed by atoms with Crippen LogP contribution in [0.25, 0.3) is 0 Å². The quantitative estimate of drug-likeness (QED) is 0.589. The van der Waals surface area contributed by atoms with Crippen molar-refractivity contribution in [3.05, 3.63) is 23.3 Å². The number of carbonyl (C=O) groups excluding carboxylic acids is 1. The molecular formula is C17H22O. The molecule has 1 nitrogen and oxygen atoms in total. The van der Waals surface area contributed by atoms with E-state index in [-0.39, 0.29) is 11.3 Å². The molecule has 1 spiro atoms. The van der Waals surface area contributed by atoms with Gasteiger partial charge in [-0.2, -0.15) is 0 Å². The molecule has 2 bridgehead atoms. The molecule has 0 aromatic heterocycles. The summed E-state index contributed by atoms with van der Waals surface area (Å²) in [5, 5.41) is 0. The van der Waals surface area contributed by atoms with E-state index in [0.29, 0.717) is 11.2 Å². The fourth-order valence-electron chi connectivity index (χ4n) is 6.08. The summed E-state index contributed by atoms with van der Waals surface area (Å²) >= 11 is 0. The molecular weight excluding hydrogens is 220 g/mol. The Kier molecular flexibility index (Phi) is 1.84. The summed E-state index contributed by atoms with van der Waals surface area (Å²) < 4.78 is 0. The summed E-state index contributed by atoms with van der Waals surface area (Å²) in [4.78, 5) is 12.6. The normalized spacial score (nSPS) is 47.7. The minimum atomic E-state index is 0.173. The van der Waals surface area contributed by atoms with Gasteiger partial charge in [0, 0.05) is 5.41 Å². The Morgan fingerprint density at radius 3 is 2.72 bits per heavy atom. The molecule has 0 heterocycles. The third-order valence-electron chi connectivity index (χ3n) is 6.89. The third-order valence-corrected chi connectivity index (χ3v) is 6.89. The first-order valence-electron chi connectivity index (χ1n) is 7.42. The predicted octanol–water partition coefficient (Wildman–Crippen LogP) is 3.90. The van der Waals surface area contributed by atoms with E-state index in [9.17, 15) is 4.79 Å². The van der Waals surface area contributed by atoms with Gasteiger partial charge in [0.1, 0.15) is 0 Å². The molecule has 0 N–H and O–H groups in total. The highest BCUT2D eigenvalue weighted by atomic mass is 16.1. The van der Waals surface area contributed by atoms with Crippen LogP contribution in [0.4, 0.5) is 0 Å². The first-order chi connectivity index (χ1) is 8.51. The van der Waals surface area contributed by atoms with E-state index in [0.717, 1.165) is 17.4 Å². The van der Waals surface area contributed by atoms with E-state index in [1.54, 1.807) is 5.57 Å². The SMILES string of the molecule is CC1=C2C[C@H]3CC[C@H]4CC=C[C@@H](C1=O)[C@@]24C3(C)C. The third kappa shape index (κ3) is 0.867. The summed E-state index contributed by atoms with van der Waals surface area (Å²) in [5.41, 5.74) is 3.19. The van der Waals surface area contributed by atoms with Crippen LogP contribution >= 0.6 is 0 Å². The molecule has 0 unspecified atom stereocenters. The van der Waals surface area contributed by atoms with Gasteiger partial charge in [-0.1, -0.05) is 31.6 Å².